The molecule has 1 N–H and O–H groups in total. The van der Waals surface area contributed by atoms with Gasteiger partial charge in [-0.25, -0.2) is 0 Å². The van der Waals surface area contributed by atoms with Crippen LogP contribution in [0.15, 0.2) is 24.3 Å². The number of unbranched alkanes of at least 4 members (excludes halogenated alkanes) is 9. The summed E-state index contributed by atoms with van der Waals surface area (Å²) in [4.78, 5) is 0. The van der Waals surface area contributed by atoms with Crippen molar-refractivity contribution >= 4 is 5.69 Å². The second-order valence-electron chi connectivity index (χ2n) is 5.80. The van der Waals surface area contributed by atoms with Crippen LogP contribution in [0.2, 0.25) is 0 Å². The Labute approximate surface area is 130 Å². The zero-order valence-corrected chi connectivity index (χ0v) is 13.5. The van der Waals surface area contributed by atoms with Crippen LogP contribution in [-0.4, -0.2) is 6.54 Å². The number of nitriles is 1. The highest BCUT2D eigenvalue weighted by molar-refractivity contribution is 5.46. The number of nitrogens with zero attached hydrogens (tertiary/aromatic N) is 1. The largest absolute Gasteiger partial charge is 0.385 e. The summed E-state index contributed by atoms with van der Waals surface area (Å²) in [5.41, 5.74) is 1.84. The summed E-state index contributed by atoms with van der Waals surface area (Å²) in [6.07, 6.45) is 13.7. The van der Waals surface area contributed by atoms with Crippen LogP contribution in [0.1, 0.15) is 76.7 Å². The topological polar surface area (TPSA) is 35.8 Å². The molecule has 0 aliphatic carbocycles. The molecule has 2 nitrogen and oxygen atoms in total. The van der Waals surface area contributed by atoms with Gasteiger partial charge in [0, 0.05) is 12.2 Å². The first-order valence-corrected chi connectivity index (χ1v) is 8.61. The first-order valence-electron chi connectivity index (χ1n) is 8.61. The van der Waals surface area contributed by atoms with Gasteiger partial charge < -0.3 is 5.32 Å². The van der Waals surface area contributed by atoms with Crippen molar-refractivity contribution in [3.63, 3.8) is 0 Å². The van der Waals surface area contributed by atoms with Crippen LogP contribution in [0, 0.1) is 11.3 Å². The van der Waals surface area contributed by atoms with Gasteiger partial charge in [0.15, 0.2) is 0 Å². The van der Waals surface area contributed by atoms with Gasteiger partial charge in [-0.15, -0.1) is 0 Å². The minimum absolute atomic E-state index is 0.722. The van der Waals surface area contributed by atoms with E-state index in [9.17, 15) is 0 Å². The maximum absolute atomic E-state index is 8.74. The minimum Gasteiger partial charge on any atom is -0.385 e. The Kier molecular flexibility index (Phi) is 10.3. The number of nitrogens with one attached hydrogen (secondary N) is 1. The van der Waals surface area contributed by atoms with E-state index in [0.717, 1.165) is 17.8 Å². The van der Waals surface area contributed by atoms with Crippen LogP contribution in [0.25, 0.3) is 0 Å². The van der Waals surface area contributed by atoms with Gasteiger partial charge in [0.1, 0.15) is 0 Å². The van der Waals surface area contributed by atoms with E-state index in [1.165, 1.54) is 64.2 Å². The van der Waals surface area contributed by atoms with Crippen LogP contribution < -0.4 is 5.32 Å². The first-order chi connectivity index (χ1) is 10.4. The Balaban J connectivity index is 1.89. The Morgan fingerprint density at radius 1 is 0.810 bits per heavy atom. The second-order valence-corrected chi connectivity index (χ2v) is 5.80. The van der Waals surface area contributed by atoms with Gasteiger partial charge in [-0.2, -0.15) is 5.26 Å². The van der Waals surface area contributed by atoms with Crippen LogP contribution in [-0.2, 0) is 0 Å². The summed E-state index contributed by atoms with van der Waals surface area (Å²) in [5.74, 6) is 0. The molecule has 0 atom stereocenters. The summed E-state index contributed by atoms with van der Waals surface area (Å²) >= 11 is 0. The zero-order valence-electron chi connectivity index (χ0n) is 13.5. The zero-order chi connectivity index (χ0) is 15.2. The molecule has 0 unspecified atom stereocenters. The lowest BCUT2D eigenvalue weighted by Crippen LogP contribution is -2.01. The van der Waals surface area contributed by atoms with Crippen LogP contribution in [0.4, 0.5) is 5.69 Å². The average molecular weight is 286 g/mol. The van der Waals surface area contributed by atoms with Crippen molar-refractivity contribution in [1.82, 2.24) is 0 Å². The van der Waals surface area contributed by atoms with E-state index in [2.05, 4.69) is 18.3 Å². The maximum atomic E-state index is 8.74. The fourth-order valence-corrected chi connectivity index (χ4v) is 2.51. The van der Waals surface area contributed by atoms with E-state index < -0.39 is 0 Å². The third kappa shape index (κ3) is 9.13. The quantitative estimate of drug-likeness (QED) is 0.486. The molecule has 0 fully saturated rings. The summed E-state index contributed by atoms with van der Waals surface area (Å²) < 4.78 is 0. The molecule has 0 saturated carbocycles. The van der Waals surface area contributed by atoms with Crippen molar-refractivity contribution in [2.45, 2.75) is 71.1 Å². The SMILES string of the molecule is CCCCCCCCCCCCNc1ccc(C#N)cc1. The molecule has 116 valence electrons. The van der Waals surface area contributed by atoms with Gasteiger partial charge in [-0.1, -0.05) is 64.7 Å². The first kappa shape index (κ1) is 17.6. The van der Waals surface area contributed by atoms with E-state index in [1.54, 1.807) is 0 Å². The predicted molar refractivity (Wildman–Crippen MR) is 91.5 cm³/mol. The monoisotopic (exact) mass is 286 g/mol. The number of rotatable bonds is 12. The summed E-state index contributed by atoms with van der Waals surface area (Å²) in [6, 6.07) is 9.82. The van der Waals surface area contributed by atoms with Crippen LogP contribution >= 0.6 is 0 Å². The maximum Gasteiger partial charge on any atom is 0.0991 e. The standard InChI is InChI=1S/C19H30N2/c1-2-3-4-5-6-7-8-9-10-11-16-21-19-14-12-18(17-20)13-15-19/h12-15,21H,2-11,16H2,1H3. The summed E-state index contributed by atoms with van der Waals surface area (Å²) in [7, 11) is 0. The van der Waals surface area contributed by atoms with E-state index in [0.29, 0.717) is 0 Å². The molecular formula is C19H30N2. The summed E-state index contributed by atoms with van der Waals surface area (Å²) in [6.45, 7) is 3.30. The van der Waals surface area contributed by atoms with Gasteiger partial charge >= 0.3 is 0 Å². The van der Waals surface area contributed by atoms with E-state index in [-0.39, 0.29) is 0 Å². The molecule has 0 aliphatic heterocycles. The lowest BCUT2D eigenvalue weighted by Gasteiger charge is -2.06. The van der Waals surface area contributed by atoms with Crippen molar-refractivity contribution < 1.29 is 0 Å². The molecule has 2 heteroatoms. The molecule has 0 amide bonds. The molecular weight excluding hydrogens is 256 g/mol. The molecule has 0 spiro atoms. The highest BCUT2D eigenvalue weighted by atomic mass is 14.9. The fourth-order valence-electron chi connectivity index (χ4n) is 2.51. The highest BCUT2D eigenvalue weighted by Gasteiger charge is 1.94. The van der Waals surface area contributed by atoms with E-state index >= 15 is 0 Å². The third-order valence-electron chi connectivity index (χ3n) is 3.87. The molecule has 0 aliphatic rings. The molecule has 1 rings (SSSR count). The number of hydrogen-bond donors (Lipinski definition) is 1. The summed E-state index contributed by atoms with van der Waals surface area (Å²) in [5, 5.41) is 12.1. The number of anilines is 1. The Morgan fingerprint density at radius 2 is 1.33 bits per heavy atom. The predicted octanol–water partition coefficient (Wildman–Crippen LogP) is 5.89. The molecule has 21 heavy (non-hydrogen) atoms. The van der Waals surface area contributed by atoms with Gasteiger partial charge in [-0.3, -0.25) is 0 Å². The van der Waals surface area contributed by atoms with Crippen molar-refractivity contribution in [2.24, 2.45) is 0 Å². The lowest BCUT2D eigenvalue weighted by molar-refractivity contribution is 0.560. The lowest BCUT2D eigenvalue weighted by atomic mass is 10.1. The minimum atomic E-state index is 0.722. The fraction of sp³-hybridized carbons (Fsp3) is 0.632. The third-order valence-corrected chi connectivity index (χ3v) is 3.87. The normalized spacial score (nSPS) is 10.3. The molecule has 0 radical (unpaired) electrons. The van der Waals surface area contributed by atoms with Crippen molar-refractivity contribution in [1.29, 1.82) is 5.26 Å². The molecule has 0 heterocycles. The molecule has 1 aromatic rings. The Bertz CT molecular complexity index is 389. The highest BCUT2D eigenvalue weighted by Crippen LogP contribution is 2.12. The van der Waals surface area contributed by atoms with Crippen molar-refractivity contribution in [3.05, 3.63) is 29.8 Å². The molecule has 0 bridgehead atoms. The van der Waals surface area contributed by atoms with Gasteiger partial charge in [0.05, 0.1) is 11.6 Å². The van der Waals surface area contributed by atoms with Gasteiger partial charge in [0.25, 0.3) is 0 Å². The smallest absolute Gasteiger partial charge is 0.0991 e. The Hall–Kier alpha value is -1.49. The molecule has 0 aromatic heterocycles. The van der Waals surface area contributed by atoms with Crippen molar-refractivity contribution in [2.75, 3.05) is 11.9 Å². The van der Waals surface area contributed by atoms with Crippen molar-refractivity contribution in [3.8, 4) is 6.07 Å². The second kappa shape index (κ2) is 12.3. The van der Waals surface area contributed by atoms with Crippen LogP contribution in [0.3, 0.4) is 0 Å². The molecule has 1 aromatic carbocycles. The Morgan fingerprint density at radius 3 is 1.86 bits per heavy atom. The number of hydrogen-bond acceptors (Lipinski definition) is 2. The van der Waals surface area contributed by atoms with Gasteiger partial charge in [0.2, 0.25) is 0 Å². The molecule has 0 saturated heterocycles. The van der Waals surface area contributed by atoms with Crippen LogP contribution in [0.5, 0.6) is 0 Å². The van der Waals surface area contributed by atoms with Gasteiger partial charge in [-0.05, 0) is 30.7 Å². The number of benzene rings is 1. The van der Waals surface area contributed by atoms with E-state index in [1.807, 2.05) is 24.3 Å². The average Bonchev–Trinajstić information content (AvgIpc) is 2.53. The van der Waals surface area contributed by atoms with E-state index in [4.69, 9.17) is 5.26 Å².